The van der Waals surface area contributed by atoms with Crippen LogP contribution < -0.4 is 0 Å². The molecule has 1 N–H and O–H groups in total. The monoisotopic (exact) mass is 229 g/mol. The van der Waals surface area contributed by atoms with Crippen molar-refractivity contribution in [3.05, 3.63) is 47.3 Å². The second-order valence-corrected chi connectivity index (χ2v) is 4.21. The van der Waals surface area contributed by atoms with Crippen molar-refractivity contribution >= 4 is 5.78 Å². The second-order valence-electron chi connectivity index (χ2n) is 4.21. The zero-order chi connectivity index (χ0) is 12.6. The van der Waals surface area contributed by atoms with Gasteiger partial charge in [-0.1, -0.05) is 0 Å². The fraction of sp³-hybridized carbons (Fsp3) is 0.214. The average Bonchev–Trinajstić information content (AvgIpc) is 2.59. The maximum atomic E-state index is 11.4. The van der Waals surface area contributed by atoms with Gasteiger partial charge in [0.05, 0.1) is 5.56 Å². The number of phenolic OH excluding ortho intramolecular Hbond substituents is 1. The number of Topliss-reactive ketones (excluding diaryl/α,β-unsaturated/α-hetero) is 1. The first-order valence-corrected chi connectivity index (χ1v) is 5.50. The minimum atomic E-state index is -0.133. The molecule has 0 atom stereocenters. The molecule has 0 spiro atoms. The van der Waals surface area contributed by atoms with Crippen molar-refractivity contribution < 1.29 is 9.90 Å². The first kappa shape index (κ1) is 11.5. The molecule has 0 radical (unpaired) electrons. The van der Waals surface area contributed by atoms with Crippen LogP contribution in [0.25, 0.3) is 5.69 Å². The summed E-state index contributed by atoms with van der Waals surface area (Å²) in [5.41, 5.74) is 3.45. The summed E-state index contributed by atoms with van der Waals surface area (Å²) in [5, 5.41) is 9.61. The molecule has 0 aliphatic heterocycles. The molecule has 1 aromatic heterocycles. The highest BCUT2D eigenvalue weighted by Gasteiger charge is 2.10. The van der Waals surface area contributed by atoms with Gasteiger partial charge in [0.25, 0.3) is 0 Å². The summed E-state index contributed by atoms with van der Waals surface area (Å²) in [6.45, 7) is 5.47. The summed E-state index contributed by atoms with van der Waals surface area (Å²) in [6.07, 6.45) is 0. The molecule has 0 aliphatic rings. The van der Waals surface area contributed by atoms with E-state index in [2.05, 4.69) is 0 Å². The number of hydrogen-bond acceptors (Lipinski definition) is 2. The Morgan fingerprint density at radius 2 is 1.71 bits per heavy atom. The maximum Gasteiger partial charge on any atom is 0.163 e. The number of ketones is 1. The molecule has 3 nitrogen and oxygen atoms in total. The van der Waals surface area contributed by atoms with Gasteiger partial charge in [0.15, 0.2) is 5.78 Å². The summed E-state index contributed by atoms with van der Waals surface area (Å²) < 4.78 is 2.05. The first-order valence-electron chi connectivity index (χ1n) is 5.50. The first-order chi connectivity index (χ1) is 8.00. The molecule has 0 unspecified atom stereocenters. The minimum absolute atomic E-state index is 0.0312. The molecule has 3 heteroatoms. The van der Waals surface area contributed by atoms with Crippen molar-refractivity contribution in [1.82, 2.24) is 4.57 Å². The van der Waals surface area contributed by atoms with Gasteiger partial charge in [0, 0.05) is 17.1 Å². The molecule has 0 saturated heterocycles. The molecular weight excluding hydrogens is 214 g/mol. The second kappa shape index (κ2) is 4.09. The maximum absolute atomic E-state index is 11.4. The van der Waals surface area contributed by atoms with Crippen LogP contribution in [0, 0.1) is 13.8 Å². The van der Waals surface area contributed by atoms with Gasteiger partial charge in [-0.2, -0.15) is 0 Å². The van der Waals surface area contributed by atoms with E-state index in [1.807, 2.05) is 36.6 Å². The van der Waals surface area contributed by atoms with Gasteiger partial charge < -0.3 is 9.67 Å². The van der Waals surface area contributed by atoms with Crippen LogP contribution in [-0.4, -0.2) is 15.5 Å². The summed E-state index contributed by atoms with van der Waals surface area (Å²) in [4.78, 5) is 11.4. The Balaban J connectivity index is 2.62. The van der Waals surface area contributed by atoms with Gasteiger partial charge in [-0.3, -0.25) is 4.79 Å². The number of nitrogens with zero attached hydrogens (tertiary/aromatic N) is 1. The van der Waals surface area contributed by atoms with Gasteiger partial charge in [-0.05, 0) is 51.1 Å². The highest BCUT2D eigenvalue weighted by atomic mass is 16.3. The number of phenols is 1. The highest BCUT2D eigenvalue weighted by Crippen LogP contribution is 2.23. The van der Waals surface area contributed by atoms with E-state index in [-0.39, 0.29) is 11.5 Å². The predicted octanol–water partition coefficient (Wildman–Crippen LogP) is 3.00. The van der Waals surface area contributed by atoms with Crippen molar-refractivity contribution in [1.29, 1.82) is 0 Å². The molecular formula is C14H15NO2. The van der Waals surface area contributed by atoms with Crippen LogP contribution in [0.15, 0.2) is 30.3 Å². The molecule has 0 saturated carbocycles. The number of aryl methyl sites for hydroxylation is 2. The van der Waals surface area contributed by atoms with Crippen molar-refractivity contribution in [2.24, 2.45) is 0 Å². The number of hydrogen-bond donors (Lipinski definition) is 1. The van der Waals surface area contributed by atoms with Crippen LogP contribution in [0.2, 0.25) is 0 Å². The van der Waals surface area contributed by atoms with Crippen molar-refractivity contribution in [3.63, 3.8) is 0 Å². The largest absolute Gasteiger partial charge is 0.507 e. The summed E-state index contributed by atoms with van der Waals surface area (Å²) in [6, 6.07) is 9.13. The molecule has 1 aromatic carbocycles. The highest BCUT2D eigenvalue weighted by molar-refractivity contribution is 5.97. The lowest BCUT2D eigenvalue weighted by Gasteiger charge is -2.11. The third kappa shape index (κ3) is 1.96. The van der Waals surface area contributed by atoms with Crippen molar-refractivity contribution in [2.75, 3.05) is 0 Å². The van der Waals surface area contributed by atoms with Gasteiger partial charge in [0.2, 0.25) is 0 Å². The zero-order valence-electron chi connectivity index (χ0n) is 10.2. The van der Waals surface area contributed by atoms with Gasteiger partial charge in [-0.25, -0.2) is 0 Å². The number of benzene rings is 1. The summed E-state index contributed by atoms with van der Waals surface area (Å²) in [5.74, 6) is -0.101. The Morgan fingerprint density at radius 1 is 1.12 bits per heavy atom. The molecule has 2 rings (SSSR count). The van der Waals surface area contributed by atoms with Gasteiger partial charge in [-0.15, -0.1) is 0 Å². The topological polar surface area (TPSA) is 42.2 Å². The number of carbonyl (C=O) groups excluding carboxylic acids is 1. The molecule has 17 heavy (non-hydrogen) atoms. The fourth-order valence-electron chi connectivity index (χ4n) is 2.02. The zero-order valence-corrected chi connectivity index (χ0v) is 10.2. The number of carbonyl (C=O) groups is 1. The van der Waals surface area contributed by atoms with Gasteiger partial charge in [0.1, 0.15) is 5.75 Å². The van der Waals surface area contributed by atoms with Crippen LogP contribution >= 0.6 is 0 Å². The normalized spacial score (nSPS) is 10.5. The summed E-state index contributed by atoms with van der Waals surface area (Å²) in [7, 11) is 0. The Bertz CT molecular complexity index is 562. The van der Waals surface area contributed by atoms with E-state index in [1.54, 1.807) is 12.1 Å². The predicted molar refractivity (Wildman–Crippen MR) is 66.9 cm³/mol. The van der Waals surface area contributed by atoms with Crippen molar-refractivity contribution in [2.45, 2.75) is 20.8 Å². The van der Waals surface area contributed by atoms with E-state index in [1.165, 1.54) is 6.92 Å². The van der Waals surface area contributed by atoms with E-state index in [4.69, 9.17) is 0 Å². The fourth-order valence-corrected chi connectivity index (χ4v) is 2.02. The van der Waals surface area contributed by atoms with Crippen LogP contribution in [0.4, 0.5) is 0 Å². The molecule has 0 fully saturated rings. The number of rotatable bonds is 2. The van der Waals surface area contributed by atoms with E-state index >= 15 is 0 Å². The van der Waals surface area contributed by atoms with Crippen LogP contribution in [-0.2, 0) is 0 Å². The molecule has 1 heterocycles. The molecule has 2 aromatic rings. The lowest BCUT2D eigenvalue weighted by molar-refractivity contribution is 0.101. The van der Waals surface area contributed by atoms with Crippen LogP contribution in [0.5, 0.6) is 5.75 Å². The smallest absolute Gasteiger partial charge is 0.163 e. The molecule has 88 valence electrons. The SMILES string of the molecule is CC(=O)c1cc(-n2c(C)ccc2C)ccc1O. The van der Waals surface area contributed by atoms with E-state index in [0.29, 0.717) is 5.56 Å². The van der Waals surface area contributed by atoms with Crippen LogP contribution in [0.3, 0.4) is 0 Å². The Kier molecular flexibility index (Phi) is 2.76. The summed E-state index contributed by atoms with van der Waals surface area (Å²) >= 11 is 0. The van der Waals surface area contributed by atoms with E-state index in [0.717, 1.165) is 17.1 Å². The van der Waals surface area contributed by atoms with Crippen LogP contribution in [0.1, 0.15) is 28.7 Å². The average molecular weight is 229 g/mol. The third-order valence-corrected chi connectivity index (χ3v) is 2.89. The number of aromatic nitrogens is 1. The van der Waals surface area contributed by atoms with E-state index < -0.39 is 0 Å². The standard InChI is InChI=1S/C14H15NO2/c1-9-4-5-10(2)15(9)12-6-7-14(17)13(8-12)11(3)16/h4-8,17H,1-3H3. The van der Waals surface area contributed by atoms with Gasteiger partial charge >= 0.3 is 0 Å². The Morgan fingerprint density at radius 3 is 2.24 bits per heavy atom. The third-order valence-electron chi connectivity index (χ3n) is 2.89. The quantitative estimate of drug-likeness (QED) is 0.804. The minimum Gasteiger partial charge on any atom is -0.507 e. The lowest BCUT2D eigenvalue weighted by Crippen LogP contribution is -2.01. The molecule has 0 bridgehead atoms. The Labute approximate surface area is 100 Å². The Hall–Kier alpha value is -2.03. The molecule has 0 aliphatic carbocycles. The lowest BCUT2D eigenvalue weighted by atomic mass is 10.1. The number of aromatic hydroxyl groups is 1. The molecule has 0 amide bonds. The van der Waals surface area contributed by atoms with E-state index in [9.17, 15) is 9.90 Å². The van der Waals surface area contributed by atoms with Crippen molar-refractivity contribution in [3.8, 4) is 11.4 Å².